The van der Waals surface area contributed by atoms with E-state index in [0.717, 1.165) is 12.8 Å². The lowest BCUT2D eigenvalue weighted by Gasteiger charge is -2.17. The molecule has 1 rings (SSSR count). The number of unbranched alkanes of at least 4 members (excludes halogenated alkanes) is 8. The quantitative estimate of drug-likeness (QED) is 0.323. The average Bonchev–Trinajstić information content (AvgIpc) is 2.65. The number of hydrogen-bond acceptors (Lipinski definition) is 4. The van der Waals surface area contributed by atoms with Crippen LogP contribution < -0.4 is 5.73 Å². The minimum Gasteiger partial charge on any atom is -0.395 e. The summed E-state index contributed by atoms with van der Waals surface area (Å²) >= 11 is 0. The van der Waals surface area contributed by atoms with Crippen molar-refractivity contribution in [1.82, 2.24) is 0 Å². The SMILES string of the molecule is CCCCCCCCCCCC(=O)c1cccc(C(O)C(N)CO)c1.Cl. The van der Waals surface area contributed by atoms with Crippen molar-refractivity contribution in [3.8, 4) is 0 Å². The Morgan fingerprint density at radius 3 is 2.19 bits per heavy atom. The molecule has 1 aromatic carbocycles. The predicted octanol–water partition coefficient (Wildman–Crippen LogP) is 4.57. The van der Waals surface area contributed by atoms with Gasteiger partial charge in [0, 0.05) is 12.0 Å². The van der Waals surface area contributed by atoms with Gasteiger partial charge in [-0.05, 0) is 18.1 Å². The van der Waals surface area contributed by atoms with Gasteiger partial charge in [0.25, 0.3) is 0 Å². The van der Waals surface area contributed by atoms with E-state index in [1.165, 1.54) is 44.9 Å². The van der Waals surface area contributed by atoms with Crippen molar-refractivity contribution in [2.45, 2.75) is 83.3 Å². The first-order valence-corrected chi connectivity index (χ1v) is 9.77. The van der Waals surface area contributed by atoms with Gasteiger partial charge in [0.1, 0.15) is 0 Å². The number of nitrogens with two attached hydrogens (primary N) is 1. The molecule has 0 aliphatic rings. The zero-order valence-electron chi connectivity index (χ0n) is 16.0. The summed E-state index contributed by atoms with van der Waals surface area (Å²) in [6.45, 7) is 1.94. The summed E-state index contributed by atoms with van der Waals surface area (Å²) in [5.74, 6) is 0.106. The Hall–Kier alpha value is -0.940. The van der Waals surface area contributed by atoms with Crippen LogP contribution in [0, 0.1) is 0 Å². The second kappa shape index (κ2) is 15.2. The van der Waals surface area contributed by atoms with Crippen LogP contribution >= 0.6 is 12.4 Å². The molecule has 0 aliphatic heterocycles. The summed E-state index contributed by atoms with van der Waals surface area (Å²) in [4.78, 5) is 12.3. The van der Waals surface area contributed by atoms with Crippen LogP contribution in [-0.4, -0.2) is 28.6 Å². The van der Waals surface area contributed by atoms with Crippen molar-refractivity contribution < 1.29 is 15.0 Å². The highest BCUT2D eigenvalue weighted by Crippen LogP contribution is 2.19. The van der Waals surface area contributed by atoms with E-state index in [1.54, 1.807) is 24.3 Å². The van der Waals surface area contributed by atoms with Gasteiger partial charge in [0.2, 0.25) is 0 Å². The van der Waals surface area contributed by atoms with E-state index >= 15 is 0 Å². The molecular formula is C21H36ClNO3. The number of aliphatic hydroxyl groups excluding tert-OH is 2. The maximum absolute atomic E-state index is 12.3. The van der Waals surface area contributed by atoms with E-state index in [-0.39, 0.29) is 24.8 Å². The Kier molecular flexibility index (Phi) is 14.6. The van der Waals surface area contributed by atoms with Gasteiger partial charge in [0.15, 0.2) is 5.78 Å². The number of Topliss-reactive ketones (excluding diaryl/α,β-unsaturated/α-hetero) is 1. The Bertz CT molecular complexity index is 496. The Morgan fingerprint density at radius 2 is 1.62 bits per heavy atom. The fourth-order valence-corrected chi connectivity index (χ4v) is 2.98. The van der Waals surface area contributed by atoms with Crippen LogP contribution in [0.3, 0.4) is 0 Å². The minimum atomic E-state index is -0.953. The van der Waals surface area contributed by atoms with Gasteiger partial charge < -0.3 is 15.9 Å². The van der Waals surface area contributed by atoms with Gasteiger partial charge >= 0.3 is 0 Å². The lowest BCUT2D eigenvalue weighted by molar-refractivity contribution is 0.0977. The summed E-state index contributed by atoms with van der Waals surface area (Å²) in [6.07, 6.45) is 10.7. The number of benzene rings is 1. The standard InChI is InChI=1S/C21H35NO3.ClH/c1-2-3-4-5-6-7-8-9-10-14-20(24)17-12-11-13-18(15-17)21(25)19(22)16-23;/h11-13,15,19,21,23,25H,2-10,14,16,22H2,1H3;1H. The minimum absolute atomic E-state index is 0. The molecule has 5 heteroatoms. The van der Waals surface area contributed by atoms with E-state index in [2.05, 4.69) is 6.92 Å². The van der Waals surface area contributed by atoms with E-state index in [1.807, 2.05) is 0 Å². The van der Waals surface area contributed by atoms with Gasteiger partial charge in [0.05, 0.1) is 18.8 Å². The first-order chi connectivity index (χ1) is 12.1. The smallest absolute Gasteiger partial charge is 0.162 e. The van der Waals surface area contributed by atoms with Crippen molar-refractivity contribution in [2.75, 3.05) is 6.61 Å². The summed E-state index contributed by atoms with van der Waals surface area (Å²) in [6, 6.07) is 6.22. The van der Waals surface area contributed by atoms with Crippen molar-refractivity contribution >= 4 is 18.2 Å². The largest absolute Gasteiger partial charge is 0.395 e. The summed E-state index contributed by atoms with van der Waals surface area (Å²) in [5.41, 5.74) is 6.85. The molecule has 0 amide bonds. The van der Waals surface area contributed by atoms with Crippen molar-refractivity contribution in [3.05, 3.63) is 35.4 Å². The highest BCUT2D eigenvalue weighted by Gasteiger charge is 2.17. The molecule has 26 heavy (non-hydrogen) atoms. The molecule has 0 aliphatic carbocycles. The van der Waals surface area contributed by atoms with Crippen LogP contribution in [-0.2, 0) is 0 Å². The molecule has 0 radical (unpaired) electrons. The van der Waals surface area contributed by atoms with Gasteiger partial charge in [-0.15, -0.1) is 12.4 Å². The van der Waals surface area contributed by atoms with Crippen molar-refractivity contribution in [3.63, 3.8) is 0 Å². The molecule has 0 spiro atoms. The van der Waals surface area contributed by atoms with Crippen LogP contribution in [0.2, 0.25) is 0 Å². The van der Waals surface area contributed by atoms with Gasteiger partial charge in [-0.3, -0.25) is 4.79 Å². The van der Waals surface area contributed by atoms with Crippen LogP contribution in [0.4, 0.5) is 0 Å². The Labute approximate surface area is 164 Å². The first-order valence-electron chi connectivity index (χ1n) is 9.77. The van der Waals surface area contributed by atoms with Crippen LogP contribution in [0.25, 0.3) is 0 Å². The van der Waals surface area contributed by atoms with E-state index < -0.39 is 12.1 Å². The molecule has 0 saturated heterocycles. The number of ketones is 1. The third-order valence-electron chi connectivity index (χ3n) is 4.67. The average molecular weight is 386 g/mol. The third kappa shape index (κ3) is 9.67. The number of carbonyl (C=O) groups excluding carboxylic acids is 1. The zero-order valence-corrected chi connectivity index (χ0v) is 16.8. The number of hydrogen-bond donors (Lipinski definition) is 3. The maximum Gasteiger partial charge on any atom is 0.162 e. The summed E-state index contributed by atoms with van der Waals surface area (Å²) in [7, 11) is 0. The fraction of sp³-hybridized carbons (Fsp3) is 0.667. The van der Waals surface area contributed by atoms with Crippen molar-refractivity contribution in [2.24, 2.45) is 5.73 Å². The molecule has 0 heterocycles. The molecule has 0 saturated carbocycles. The summed E-state index contributed by atoms with van der Waals surface area (Å²) in [5, 5.41) is 19.1. The highest BCUT2D eigenvalue weighted by molar-refractivity contribution is 5.96. The molecule has 150 valence electrons. The van der Waals surface area contributed by atoms with E-state index in [0.29, 0.717) is 17.5 Å². The molecule has 0 bridgehead atoms. The molecule has 4 N–H and O–H groups in total. The van der Waals surface area contributed by atoms with Crippen molar-refractivity contribution in [1.29, 1.82) is 0 Å². The topological polar surface area (TPSA) is 83.5 Å². The Morgan fingerprint density at radius 1 is 1.04 bits per heavy atom. The van der Waals surface area contributed by atoms with E-state index in [9.17, 15) is 9.90 Å². The summed E-state index contributed by atoms with van der Waals surface area (Å²) < 4.78 is 0. The molecule has 2 unspecified atom stereocenters. The third-order valence-corrected chi connectivity index (χ3v) is 4.67. The number of rotatable bonds is 14. The second-order valence-corrected chi connectivity index (χ2v) is 6.92. The molecular weight excluding hydrogens is 350 g/mol. The first kappa shape index (κ1) is 25.1. The van der Waals surface area contributed by atoms with Gasteiger partial charge in [-0.1, -0.05) is 76.5 Å². The van der Waals surface area contributed by atoms with Crippen LogP contribution in [0.5, 0.6) is 0 Å². The number of carbonyl (C=O) groups is 1. The fourth-order valence-electron chi connectivity index (χ4n) is 2.98. The van der Waals surface area contributed by atoms with Crippen LogP contribution in [0.15, 0.2) is 24.3 Å². The molecule has 0 fully saturated rings. The monoisotopic (exact) mass is 385 g/mol. The van der Waals surface area contributed by atoms with Gasteiger partial charge in [-0.2, -0.15) is 0 Å². The molecule has 0 aromatic heterocycles. The molecule has 1 aromatic rings. The highest BCUT2D eigenvalue weighted by atomic mass is 35.5. The zero-order chi connectivity index (χ0) is 18.5. The lowest BCUT2D eigenvalue weighted by Crippen LogP contribution is -2.32. The van der Waals surface area contributed by atoms with Gasteiger partial charge in [-0.25, -0.2) is 0 Å². The normalized spacial score (nSPS) is 13.1. The lowest BCUT2D eigenvalue weighted by atomic mass is 9.97. The number of halogens is 1. The second-order valence-electron chi connectivity index (χ2n) is 6.92. The molecule has 2 atom stereocenters. The predicted molar refractivity (Wildman–Crippen MR) is 110 cm³/mol. The maximum atomic E-state index is 12.3. The number of aliphatic hydroxyl groups is 2. The van der Waals surface area contributed by atoms with E-state index in [4.69, 9.17) is 10.8 Å². The van der Waals surface area contributed by atoms with Crippen LogP contribution in [0.1, 0.15) is 93.2 Å². The Balaban J connectivity index is 0.00000625. The molecule has 4 nitrogen and oxygen atoms in total.